The van der Waals surface area contributed by atoms with Gasteiger partial charge in [-0.05, 0) is 45.4 Å². The Bertz CT molecular complexity index is 518. The fraction of sp³-hybridized carbons (Fsp3) is 0.611. The van der Waals surface area contributed by atoms with Crippen molar-refractivity contribution in [2.24, 2.45) is 0 Å². The van der Waals surface area contributed by atoms with E-state index in [2.05, 4.69) is 37.9 Å². The van der Waals surface area contributed by atoms with Gasteiger partial charge in [0.1, 0.15) is 0 Å². The zero-order valence-electron chi connectivity index (χ0n) is 14.6. The summed E-state index contributed by atoms with van der Waals surface area (Å²) in [5.74, 6) is 0.0391. The maximum atomic E-state index is 12.2. The molecule has 1 aliphatic rings. The number of morpholine rings is 1. The summed E-state index contributed by atoms with van der Waals surface area (Å²) < 4.78 is 5.79. The monoisotopic (exact) mass is 319 g/mol. The van der Waals surface area contributed by atoms with Gasteiger partial charge in [0.25, 0.3) is 0 Å². The molecule has 1 aromatic rings. The van der Waals surface area contributed by atoms with Crippen LogP contribution in [0, 0.1) is 0 Å². The first-order chi connectivity index (χ1) is 10.8. The Labute approximate surface area is 139 Å². The molecule has 1 heterocycles. The fourth-order valence-electron chi connectivity index (χ4n) is 2.98. The lowest BCUT2D eigenvalue weighted by Gasteiger charge is -2.45. The average molecular weight is 319 g/mol. The highest BCUT2D eigenvalue weighted by molar-refractivity contribution is 5.78. The van der Waals surface area contributed by atoms with Crippen LogP contribution in [0.1, 0.15) is 33.3 Å². The highest BCUT2D eigenvalue weighted by atomic mass is 16.5. The third-order valence-corrected chi connectivity index (χ3v) is 4.34. The van der Waals surface area contributed by atoms with Crippen LogP contribution in [-0.2, 0) is 16.0 Å². The maximum Gasteiger partial charge on any atom is 0.224 e. The molecule has 23 heavy (non-hydrogen) atoms. The number of hydrogen-bond donors (Lipinski definition) is 2. The van der Waals surface area contributed by atoms with Gasteiger partial charge in [-0.3, -0.25) is 9.69 Å². The number of nitrogens with one attached hydrogen (secondary N) is 1. The van der Waals surface area contributed by atoms with Crippen LogP contribution in [0.5, 0.6) is 0 Å². The summed E-state index contributed by atoms with van der Waals surface area (Å²) in [5, 5.41) is 3.06. The van der Waals surface area contributed by atoms with E-state index in [0.29, 0.717) is 18.7 Å². The number of nitrogens with zero attached hydrogens (tertiary/aromatic N) is 1. The van der Waals surface area contributed by atoms with Gasteiger partial charge < -0.3 is 15.8 Å². The number of anilines is 1. The van der Waals surface area contributed by atoms with Gasteiger partial charge in [0.2, 0.25) is 5.91 Å². The van der Waals surface area contributed by atoms with Gasteiger partial charge in [-0.2, -0.15) is 0 Å². The first-order valence-electron chi connectivity index (χ1n) is 8.28. The van der Waals surface area contributed by atoms with Crippen LogP contribution < -0.4 is 11.1 Å². The first kappa shape index (κ1) is 17.8. The van der Waals surface area contributed by atoms with Gasteiger partial charge in [0.15, 0.2) is 0 Å². The van der Waals surface area contributed by atoms with Gasteiger partial charge in [-0.1, -0.05) is 12.1 Å². The van der Waals surface area contributed by atoms with Crippen LogP contribution in [0.15, 0.2) is 24.3 Å². The van der Waals surface area contributed by atoms with E-state index in [1.54, 1.807) is 0 Å². The Morgan fingerprint density at radius 2 is 1.83 bits per heavy atom. The minimum Gasteiger partial charge on any atom is -0.399 e. The molecule has 5 heteroatoms. The molecule has 0 spiro atoms. The lowest BCUT2D eigenvalue weighted by atomic mass is 10.00. The number of hydrogen-bond acceptors (Lipinski definition) is 4. The van der Waals surface area contributed by atoms with Crippen molar-refractivity contribution >= 4 is 11.6 Å². The topological polar surface area (TPSA) is 67.6 Å². The zero-order chi connectivity index (χ0) is 17.0. The Morgan fingerprint density at radius 3 is 2.39 bits per heavy atom. The summed E-state index contributed by atoms with van der Waals surface area (Å²) in [4.78, 5) is 14.6. The smallest absolute Gasteiger partial charge is 0.224 e. The molecule has 5 nitrogen and oxygen atoms in total. The molecule has 3 N–H and O–H groups in total. The highest BCUT2D eigenvalue weighted by Gasteiger charge is 2.33. The Morgan fingerprint density at radius 1 is 1.26 bits per heavy atom. The van der Waals surface area contributed by atoms with Crippen molar-refractivity contribution in [3.63, 3.8) is 0 Å². The normalized spacial score (nSPS) is 22.8. The molecule has 1 aliphatic heterocycles. The van der Waals surface area contributed by atoms with Gasteiger partial charge in [-0.15, -0.1) is 0 Å². The molecule has 1 aromatic carbocycles. The number of ether oxygens (including phenoxy) is 1. The molecule has 0 saturated carbocycles. The van der Waals surface area contributed by atoms with Crippen molar-refractivity contribution in [1.82, 2.24) is 10.2 Å². The Balaban J connectivity index is 1.85. The largest absolute Gasteiger partial charge is 0.399 e. The summed E-state index contributed by atoms with van der Waals surface area (Å²) in [6.07, 6.45) is 0.832. The van der Waals surface area contributed by atoms with Crippen molar-refractivity contribution in [3.8, 4) is 0 Å². The van der Waals surface area contributed by atoms with Gasteiger partial charge >= 0.3 is 0 Å². The molecule has 2 atom stereocenters. The maximum absolute atomic E-state index is 12.2. The van der Waals surface area contributed by atoms with E-state index in [1.165, 1.54) is 0 Å². The Kier molecular flexibility index (Phi) is 5.65. The number of carbonyl (C=O) groups is 1. The molecule has 0 aliphatic carbocycles. The van der Waals surface area contributed by atoms with E-state index < -0.39 is 0 Å². The molecule has 2 rings (SSSR count). The molecule has 1 amide bonds. The first-order valence-corrected chi connectivity index (χ1v) is 8.28. The quantitative estimate of drug-likeness (QED) is 0.812. The summed E-state index contributed by atoms with van der Waals surface area (Å²) in [6.45, 7) is 10.9. The van der Waals surface area contributed by atoms with E-state index in [0.717, 1.165) is 18.7 Å². The standard InChI is InChI=1S/C18H29N3O2/c1-13-10-21(11-14(2)23-13)18(3,4)12-20-17(22)9-15-5-7-16(19)8-6-15/h5-8,13-14H,9-12,19H2,1-4H3,(H,20,22). The van der Waals surface area contributed by atoms with Crippen LogP contribution in [0.2, 0.25) is 0 Å². The number of rotatable bonds is 5. The minimum absolute atomic E-state index is 0.0391. The lowest BCUT2D eigenvalue weighted by molar-refractivity contribution is -0.122. The second-order valence-electron chi connectivity index (χ2n) is 7.17. The number of nitrogens with two attached hydrogens (primary N) is 1. The third-order valence-electron chi connectivity index (χ3n) is 4.34. The van der Waals surface area contributed by atoms with Crippen LogP contribution in [0.3, 0.4) is 0 Å². The van der Waals surface area contributed by atoms with Crippen LogP contribution in [-0.4, -0.2) is 48.2 Å². The molecule has 0 aromatic heterocycles. The molecular formula is C18H29N3O2. The second-order valence-corrected chi connectivity index (χ2v) is 7.17. The number of benzene rings is 1. The van der Waals surface area contributed by atoms with Crippen LogP contribution in [0.25, 0.3) is 0 Å². The van der Waals surface area contributed by atoms with Crippen LogP contribution in [0.4, 0.5) is 5.69 Å². The summed E-state index contributed by atoms with van der Waals surface area (Å²) in [6, 6.07) is 7.43. The molecular weight excluding hydrogens is 290 g/mol. The van der Waals surface area contributed by atoms with E-state index in [1.807, 2.05) is 24.3 Å². The number of carbonyl (C=O) groups excluding carboxylic acids is 1. The number of nitrogen functional groups attached to an aromatic ring is 1. The van der Waals surface area contributed by atoms with Crippen molar-refractivity contribution < 1.29 is 9.53 Å². The predicted molar refractivity (Wildman–Crippen MR) is 93.2 cm³/mol. The van der Waals surface area contributed by atoms with E-state index in [4.69, 9.17) is 10.5 Å². The molecule has 0 radical (unpaired) electrons. The van der Waals surface area contributed by atoms with E-state index >= 15 is 0 Å². The van der Waals surface area contributed by atoms with Crippen LogP contribution >= 0.6 is 0 Å². The fourth-order valence-corrected chi connectivity index (χ4v) is 2.98. The molecule has 1 fully saturated rings. The van der Waals surface area contributed by atoms with Crippen molar-refractivity contribution in [3.05, 3.63) is 29.8 Å². The number of amides is 1. The minimum atomic E-state index is -0.0942. The molecule has 128 valence electrons. The molecule has 1 saturated heterocycles. The summed E-state index contributed by atoms with van der Waals surface area (Å²) in [7, 11) is 0. The van der Waals surface area contributed by atoms with Crippen molar-refractivity contribution in [2.45, 2.75) is 51.9 Å². The lowest BCUT2D eigenvalue weighted by Crippen LogP contribution is -2.58. The van der Waals surface area contributed by atoms with Gasteiger partial charge in [0, 0.05) is 30.9 Å². The SMILES string of the molecule is CC1CN(C(C)(C)CNC(=O)Cc2ccc(N)cc2)CC(C)O1. The summed E-state index contributed by atoms with van der Waals surface area (Å²) in [5.41, 5.74) is 7.26. The Hall–Kier alpha value is -1.59. The molecule has 0 bridgehead atoms. The van der Waals surface area contributed by atoms with Gasteiger partial charge in [0.05, 0.1) is 18.6 Å². The van der Waals surface area contributed by atoms with E-state index in [9.17, 15) is 4.79 Å². The molecule has 2 unspecified atom stereocenters. The van der Waals surface area contributed by atoms with Crippen molar-refractivity contribution in [2.75, 3.05) is 25.4 Å². The van der Waals surface area contributed by atoms with Crippen molar-refractivity contribution in [1.29, 1.82) is 0 Å². The summed E-state index contributed by atoms with van der Waals surface area (Å²) >= 11 is 0. The predicted octanol–water partition coefficient (Wildman–Crippen LogP) is 1.82. The third kappa shape index (κ3) is 5.22. The van der Waals surface area contributed by atoms with Gasteiger partial charge in [-0.25, -0.2) is 0 Å². The zero-order valence-corrected chi connectivity index (χ0v) is 14.6. The highest BCUT2D eigenvalue weighted by Crippen LogP contribution is 2.20. The van der Waals surface area contributed by atoms with E-state index in [-0.39, 0.29) is 23.7 Å². The second kappa shape index (κ2) is 7.32. The average Bonchev–Trinajstić information content (AvgIpc) is 2.47.